The van der Waals surface area contributed by atoms with Gasteiger partial charge in [0.1, 0.15) is 0 Å². The summed E-state index contributed by atoms with van der Waals surface area (Å²) in [4.78, 5) is 5.35. The molecule has 0 bridgehead atoms. The summed E-state index contributed by atoms with van der Waals surface area (Å²) in [5.74, 6) is 0.896. The Morgan fingerprint density at radius 2 is 1.68 bits per heavy atom. The lowest BCUT2D eigenvalue weighted by Crippen LogP contribution is -2.42. The van der Waals surface area contributed by atoms with Crippen LogP contribution in [0.2, 0.25) is 0 Å². The first-order valence-electron chi connectivity index (χ1n) is 9.50. The van der Waals surface area contributed by atoms with Crippen LogP contribution in [0.3, 0.4) is 0 Å². The summed E-state index contributed by atoms with van der Waals surface area (Å²) in [5, 5.41) is 0. The molecule has 0 radical (unpaired) electrons. The molecule has 0 aromatic heterocycles. The average molecular weight is 388 g/mol. The van der Waals surface area contributed by atoms with Gasteiger partial charge in [-0.1, -0.05) is 24.3 Å². The second kappa shape index (κ2) is 11.4. The maximum atomic E-state index is 5.68. The largest absolute Gasteiger partial charge is 0.330 e. The molecule has 0 saturated carbocycles. The highest BCUT2D eigenvalue weighted by molar-refractivity contribution is 5.85. The summed E-state index contributed by atoms with van der Waals surface area (Å²) in [6.45, 7) is 9.47. The lowest BCUT2D eigenvalue weighted by Gasteiger charge is -2.38. The summed E-state index contributed by atoms with van der Waals surface area (Å²) in [6, 6.07) is 9.76. The number of hydrogen-bond donors (Lipinski definition) is 1. The van der Waals surface area contributed by atoms with Crippen molar-refractivity contribution < 1.29 is 0 Å². The molecule has 1 unspecified atom stereocenters. The fourth-order valence-electron chi connectivity index (χ4n) is 4.35. The molecule has 5 heteroatoms. The van der Waals surface area contributed by atoms with E-state index in [1.807, 2.05) is 0 Å². The monoisotopic (exact) mass is 387 g/mol. The Hall–Kier alpha value is -0.320. The Bertz CT molecular complexity index is 484. The van der Waals surface area contributed by atoms with Crippen molar-refractivity contribution in [3.63, 3.8) is 0 Å². The van der Waals surface area contributed by atoms with E-state index in [2.05, 4.69) is 41.0 Å². The molecular formula is C20H35Cl2N3. The number of rotatable bonds is 6. The van der Waals surface area contributed by atoms with Crippen LogP contribution in [0.4, 0.5) is 0 Å². The van der Waals surface area contributed by atoms with E-state index in [0.29, 0.717) is 0 Å². The maximum absolute atomic E-state index is 5.68. The van der Waals surface area contributed by atoms with Crippen molar-refractivity contribution in [2.75, 3.05) is 32.7 Å². The SMILES string of the molecule is CC(C1CCN(Cc2cccc(CCN)c2)CC1)N1CCCC1.Cl.Cl. The van der Waals surface area contributed by atoms with Gasteiger partial charge in [0.05, 0.1) is 0 Å². The third kappa shape index (κ3) is 6.41. The fraction of sp³-hybridized carbons (Fsp3) is 0.700. The van der Waals surface area contributed by atoms with Gasteiger partial charge in [-0.3, -0.25) is 4.90 Å². The topological polar surface area (TPSA) is 32.5 Å². The molecule has 0 amide bonds. The van der Waals surface area contributed by atoms with Crippen molar-refractivity contribution >= 4 is 24.8 Å². The molecule has 1 atom stereocenters. The Morgan fingerprint density at radius 1 is 1.04 bits per heavy atom. The summed E-state index contributed by atoms with van der Waals surface area (Å²) in [7, 11) is 0. The van der Waals surface area contributed by atoms with E-state index in [1.54, 1.807) is 0 Å². The van der Waals surface area contributed by atoms with E-state index in [4.69, 9.17) is 5.73 Å². The summed E-state index contributed by atoms with van der Waals surface area (Å²) < 4.78 is 0. The van der Waals surface area contributed by atoms with Crippen LogP contribution < -0.4 is 5.73 Å². The smallest absolute Gasteiger partial charge is 0.0233 e. The van der Waals surface area contributed by atoms with Gasteiger partial charge in [-0.15, -0.1) is 24.8 Å². The molecule has 0 spiro atoms. The Morgan fingerprint density at radius 3 is 2.32 bits per heavy atom. The first kappa shape index (κ1) is 22.7. The van der Waals surface area contributed by atoms with Crippen molar-refractivity contribution in [1.82, 2.24) is 9.80 Å². The van der Waals surface area contributed by atoms with E-state index >= 15 is 0 Å². The predicted molar refractivity (Wildman–Crippen MR) is 112 cm³/mol. The average Bonchev–Trinajstić information content (AvgIpc) is 3.10. The minimum Gasteiger partial charge on any atom is -0.330 e. The van der Waals surface area contributed by atoms with Crippen LogP contribution in [-0.2, 0) is 13.0 Å². The van der Waals surface area contributed by atoms with Crippen LogP contribution in [0.1, 0.15) is 43.7 Å². The molecule has 2 aliphatic rings. The van der Waals surface area contributed by atoms with Crippen LogP contribution in [-0.4, -0.2) is 48.6 Å². The Labute approximate surface area is 166 Å². The minimum absolute atomic E-state index is 0. The summed E-state index contributed by atoms with van der Waals surface area (Å²) in [6.07, 6.45) is 6.52. The molecule has 2 heterocycles. The number of piperidine rings is 1. The van der Waals surface area contributed by atoms with Gasteiger partial charge in [-0.05, 0) is 88.8 Å². The zero-order chi connectivity index (χ0) is 16.1. The molecule has 1 aromatic carbocycles. The Balaban J connectivity index is 0.00000156. The van der Waals surface area contributed by atoms with Gasteiger partial charge in [0.25, 0.3) is 0 Å². The first-order chi connectivity index (χ1) is 11.3. The molecule has 3 nitrogen and oxygen atoms in total. The van der Waals surface area contributed by atoms with Crippen molar-refractivity contribution in [2.24, 2.45) is 11.7 Å². The molecule has 0 aliphatic carbocycles. The fourth-order valence-corrected chi connectivity index (χ4v) is 4.35. The quantitative estimate of drug-likeness (QED) is 0.806. The van der Waals surface area contributed by atoms with E-state index in [9.17, 15) is 0 Å². The van der Waals surface area contributed by atoms with Crippen LogP contribution in [0.25, 0.3) is 0 Å². The minimum atomic E-state index is 0. The van der Waals surface area contributed by atoms with Crippen molar-refractivity contribution in [3.05, 3.63) is 35.4 Å². The molecule has 25 heavy (non-hydrogen) atoms. The third-order valence-corrected chi connectivity index (χ3v) is 5.86. The number of nitrogens with two attached hydrogens (primary N) is 1. The third-order valence-electron chi connectivity index (χ3n) is 5.86. The second-order valence-electron chi connectivity index (χ2n) is 7.46. The van der Waals surface area contributed by atoms with Gasteiger partial charge in [0, 0.05) is 12.6 Å². The number of nitrogens with zero attached hydrogens (tertiary/aromatic N) is 2. The molecule has 2 aliphatic heterocycles. The van der Waals surface area contributed by atoms with Gasteiger partial charge in [0.15, 0.2) is 0 Å². The highest BCUT2D eigenvalue weighted by atomic mass is 35.5. The first-order valence-corrected chi connectivity index (χ1v) is 9.50. The zero-order valence-electron chi connectivity index (χ0n) is 15.5. The highest BCUT2D eigenvalue weighted by Crippen LogP contribution is 2.27. The number of benzene rings is 1. The lowest BCUT2D eigenvalue weighted by molar-refractivity contribution is 0.108. The number of halogens is 2. The van der Waals surface area contributed by atoms with E-state index in [-0.39, 0.29) is 24.8 Å². The number of hydrogen-bond acceptors (Lipinski definition) is 3. The molecular weight excluding hydrogens is 353 g/mol. The van der Waals surface area contributed by atoms with Crippen molar-refractivity contribution in [3.8, 4) is 0 Å². The van der Waals surface area contributed by atoms with Crippen molar-refractivity contribution in [2.45, 2.75) is 51.6 Å². The van der Waals surface area contributed by atoms with E-state index in [1.165, 1.54) is 63.0 Å². The molecule has 144 valence electrons. The zero-order valence-corrected chi connectivity index (χ0v) is 17.2. The van der Waals surface area contributed by atoms with Crippen LogP contribution in [0.5, 0.6) is 0 Å². The number of likely N-dealkylation sites (tertiary alicyclic amines) is 2. The molecule has 1 aromatic rings. The van der Waals surface area contributed by atoms with E-state index < -0.39 is 0 Å². The maximum Gasteiger partial charge on any atom is 0.0233 e. The molecule has 2 N–H and O–H groups in total. The second-order valence-corrected chi connectivity index (χ2v) is 7.46. The van der Waals surface area contributed by atoms with Crippen LogP contribution in [0, 0.1) is 5.92 Å². The molecule has 2 fully saturated rings. The van der Waals surface area contributed by atoms with Gasteiger partial charge in [0.2, 0.25) is 0 Å². The summed E-state index contributed by atoms with van der Waals surface area (Å²) in [5.41, 5.74) is 8.50. The summed E-state index contributed by atoms with van der Waals surface area (Å²) >= 11 is 0. The van der Waals surface area contributed by atoms with Crippen molar-refractivity contribution in [1.29, 1.82) is 0 Å². The van der Waals surface area contributed by atoms with Gasteiger partial charge >= 0.3 is 0 Å². The molecule has 3 rings (SSSR count). The Kier molecular flexibility index (Phi) is 10.4. The lowest BCUT2D eigenvalue weighted by atomic mass is 9.89. The van der Waals surface area contributed by atoms with Gasteiger partial charge in [-0.2, -0.15) is 0 Å². The molecule has 2 saturated heterocycles. The van der Waals surface area contributed by atoms with Gasteiger partial charge < -0.3 is 10.6 Å². The standard InChI is InChI=1S/C20H33N3.2ClH/c1-17(23-11-2-3-12-23)20-8-13-22(14-9-20)16-19-6-4-5-18(15-19)7-10-21;;/h4-6,15,17,20H,2-3,7-14,16,21H2,1H3;2*1H. The normalized spacial score (nSPS) is 20.7. The van der Waals surface area contributed by atoms with Gasteiger partial charge in [-0.25, -0.2) is 0 Å². The predicted octanol–water partition coefficient (Wildman–Crippen LogP) is 3.73. The highest BCUT2D eigenvalue weighted by Gasteiger charge is 2.28. The van der Waals surface area contributed by atoms with E-state index in [0.717, 1.165) is 31.5 Å². The van der Waals surface area contributed by atoms with Crippen LogP contribution in [0.15, 0.2) is 24.3 Å². The van der Waals surface area contributed by atoms with Crippen LogP contribution >= 0.6 is 24.8 Å².